The normalized spacial score (nSPS) is 15.4. The van der Waals surface area contributed by atoms with Gasteiger partial charge in [-0.15, -0.1) is 0 Å². The summed E-state index contributed by atoms with van der Waals surface area (Å²) in [6.07, 6.45) is 1.60. The lowest BCUT2D eigenvalue weighted by molar-refractivity contribution is -0.141. The van der Waals surface area contributed by atoms with Crippen LogP contribution in [0.25, 0.3) is 0 Å². The molecule has 190 valence electrons. The Labute approximate surface area is 205 Å². The molecule has 1 aromatic rings. The fraction of sp³-hybridized carbons (Fsp3) is 0.593. The molecule has 1 rings (SSSR count). The third-order valence-corrected chi connectivity index (χ3v) is 6.43. The minimum atomic E-state index is -1.02. The van der Waals surface area contributed by atoms with Crippen molar-refractivity contribution in [3.8, 4) is 0 Å². The van der Waals surface area contributed by atoms with Gasteiger partial charge in [0.2, 0.25) is 11.8 Å². The van der Waals surface area contributed by atoms with Crippen LogP contribution < -0.4 is 10.6 Å². The molecule has 0 aliphatic carbocycles. The molecule has 7 heteroatoms. The number of aliphatic carboxylic acids is 1. The molecular weight excluding hydrogens is 430 g/mol. The minimum absolute atomic E-state index is 0.0124. The van der Waals surface area contributed by atoms with Crippen LogP contribution in [0.5, 0.6) is 0 Å². The number of carbonyl (C=O) groups is 3. The number of carbonyl (C=O) groups excluding carboxylic acids is 2. The monoisotopic (exact) mass is 473 g/mol. The first-order valence-corrected chi connectivity index (χ1v) is 11.8. The summed E-state index contributed by atoms with van der Waals surface area (Å²) in [5.74, 6) is -1.56. The van der Waals surface area contributed by atoms with Crippen LogP contribution in [0.3, 0.4) is 0 Å². The summed E-state index contributed by atoms with van der Waals surface area (Å²) >= 11 is 0. The lowest BCUT2D eigenvalue weighted by Gasteiger charge is -2.39. The van der Waals surface area contributed by atoms with Crippen LogP contribution in [-0.2, 0) is 19.8 Å². The molecule has 0 heterocycles. The van der Waals surface area contributed by atoms with Crippen LogP contribution in [0.4, 0.5) is 0 Å². The van der Waals surface area contributed by atoms with Crippen LogP contribution in [-0.4, -0.2) is 60.0 Å². The van der Waals surface area contributed by atoms with E-state index >= 15 is 0 Å². The van der Waals surface area contributed by atoms with Crippen LogP contribution in [0, 0.1) is 11.3 Å². The maximum atomic E-state index is 13.7. The highest BCUT2D eigenvalue weighted by Gasteiger charge is 2.41. The van der Waals surface area contributed by atoms with Crippen molar-refractivity contribution in [2.45, 2.75) is 78.9 Å². The summed E-state index contributed by atoms with van der Waals surface area (Å²) < 4.78 is 0. The predicted molar refractivity (Wildman–Crippen MR) is 136 cm³/mol. The number of nitrogens with zero attached hydrogens (tertiary/aromatic N) is 1. The molecule has 2 amide bonds. The Morgan fingerprint density at radius 3 is 1.94 bits per heavy atom. The van der Waals surface area contributed by atoms with Crippen LogP contribution in [0.1, 0.15) is 61.0 Å². The molecule has 0 radical (unpaired) electrons. The van der Waals surface area contributed by atoms with Crippen molar-refractivity contribution in [3.05, 3.63) is 47.5 Å². The quantitative estimate of drug-likeness (QED) is 0.451. The lowest BCUT2D eigenvalue weighted by atomic mass is 9.76. The Hall–Kier alpha value is -2.67. The van der Waals surface area contributed by atoms with E-state index in [1.165, 1.54) is 6.92 Å². The van der Waals surface area contributed by atoms with Crippen molar-refractivity contribution < 1.29 is 19.5 Å². The van der Waals surface area contributed by atoms with E-state index in [2.05, 4.69) is 10.6 Å². The van der Waals surface area contributed by atoms with Crippen LogP contribution >= 0.6 is 0 Å². The average Bonchev–Trinajstić information content (AvgIpc) is 2.74. The van der Waals surface area contributed by atoms with Gasteiger partial charge in [0.1, 0.15) is 6.04 Å². The Kier molecular flexibility index (Phi) is 10.1. The SMILES string of the molecule is CN[C@H](C(=O)NC(C(=O)N(C)C(C=C(C)C(=O)O)C(C)C)C(C)(C)C)C(C)(C)c1ccccc1. The summed E-state index contributed by atoms with van der Waals surface area (Å²) in [7, 11) is 3.40. The van der Waals surface area contributed by atoms with Crippen molar-refractivity contribution in [1.82, 2.24) is 15.5 Å². The summed E-state index contributed by atoms with van der Waals surface area (Å²) in [6.45, 7) is 15.1. The highest BCUT2D eigenvalue weighted by Crippen LogP contribution is 2.29. The number of nitrogens with one attached hydrogen (secondary N) is 2. The Bertz CT molecular complexity index is 885. The third kappa shape index (κ3) is 7.16. The number of hydrogen-bond donors (Lipinski definition) is 3. The van der Waals surface area contributed by atoms with Gasteiger partial charge >= 0.3 is 5.97 Å². The van der Waals surface area contributed by atoms with Gasteiger partial charge in [-0.25, -0.2) is 4.79 Å². The minimum Gasteiger partial charge on any atom is -0.478 e. The van der Waals surface area contributed by atoms with Gasteiger partial charge in [0.25, 0.3) is 0 Å². The number of likely N-dealkylation sites (N-methyl/N-ethyl adjacent to an activating group) is 2. The number of carboxylic acid groups (broad SMARTS) is 1. The van der Waals surface area contributed by atoms with Gasteiger partial charge in [0, 0.05) is 18.0 Å². The van der Waals surface area contributed by atoms with E-state index in [0.717, 1.165) is 5.56 Å². The zero-order chi connectivity index (χ0) is 26.4. The molecule has 2 unspecified atom stereocenters. The van der Waals surface area contributed by atoms with E-state index in [1.807, 2.05) is 78.8 Å². The predicted octanol–water partition coefficient (Wildman–Crippen LogP) is 3.60. The van der Waals surface area contributed by atoms with Gasteiger partial charge in [0.15, 0.2) is 0 Å². The molecule has 0 bridgehead atoms. The standard InChI is InChI=1S/C27H43N3O4/c1-17(2)20(16-18(3)25(33)34)30(10)24(32)22(26(4,5)6)29-23(31)21(28-9)27(7,8)19-14-12-11-13-15-19/h11-17,20-22,28H,1-10H3,(H,29,31)(H,33,34)/t20?,21-,22?/m1/s1. The summed E-state index contributed by atoms with van der Waals surface area (Å²) in [4.78, 5) is 40.1. The first kappa shape index (κ1) is 29.4. The lowest BCUT2D eigenvalue weighted by Crippen LogP contribution is -2.61. The molecule has 0 spiro atoms. The molecule has 3 N–H and O–H groups in total. The topological polar surface area (TPSA) is 98.7 Å². The van der Waals surface area contributed by atoms with E-state index in [9.17, 15) is 19.5 Å². The second-order valence-electron chi connectivity index (χ2n) is 11.0. The molecule has 3 atom stereocenters. The van der Waals surface area contributed by atoms with Crippen molar-refractivity contribution >= 4 is 17.8 Å². The maximum absolute atomic E-state index is 13.7. The van der Waals surface area contributed by atoms with Gasteiger partial charge < -0.3 is 20.6 Å². The molecule has 1 aromatic carbocycles. The maximum Gasteiger partial charge on any atom is 0.331 e. The van der Waals surface area contributed by atoms with Gasteiger partial charge in [-0.1, -0.05) is 84.9 Å². The number of hydrogen-bond acceptors (Lipinski definition) is 4. The number of rotatable bonds is 10. The Balaban J connectivity index is 3.29. The third-order valence-electron chi connectivity index (χ3n) is 6.43. The highest BCUT2D eigenvalue weighted by molar-refractivity contribution is 5.91. The van der Waals surface area contributed by atoms with E-state index < -0.39 is 34.9 Å². The zero-order valence-electron chi connectivity index (χ0n) is 22.4. The van der Waals surface area contributed by atoms with Gasteiger partial charge in [0.05, 0.1) is 12.1 Å². The molecular formula is C27H43N3O4. The van der Waals surface area contributed by atoms with Crippen molar-refractivity contribution in [2.75, 3.05) is 14.1 Å². The van der Waals surface area contributed by atoms with Gasteiger partial charge in [-0.2, -0.15) is 0 Å². The Morgan fingerprint density at radius 1 is 1.00 bits per heavy atom. The van der Waals surface area contributed by atoms with Crippen LogP contribution in [0.15, 0.2) is 42.0 Å². The first-order chi connectivity index (χ1) is 15.5. The zero-order valence-corrected chi connectivity index (χ0v) is 22.4. The first-order valence-electron chi connectivity index (χ1n) is 11.8. The molecule has 0 aliphatic rings. The van der Waals surface area contributed by atoms with Crippen molar-refractivity contribution in [1.29, 1.82) is 0 Å². The van der Waals surface area contributed by atoms with E-state index in [1.54, 1.807) is 25.1 Å². The smallest absolute Gasteiger partial charge is 0.331 e. The van der Waals surface area contributed by atoms with E-state index in [-0.39, 0.29) is 23.3 Å². The molecule has 34 heavy (non-hydrogen) atoms. The highest BCUT2D eigenvalue weighted by atomic mass is 16.4. The Morgan fingerprint density at radius 2 is 1.53 bits per heavy atom. The fourth-order valence-electron chi connectivity index (χ4n) is 4.16. The second kappa shape index (κ2) is 11.6. The molecule has 0 aromatic heterocycles. The molecule has 0 aliphatic heterocycles. The van der Waals surface area contributed by atoms with E-state index in [4.69, 9.17) is 0 Å². The number of benzene rings is 1. The average molecular weight is 474 g/mol. The van der Waals surface area contributed by atoms with Crippen molar-refractivity contribution in [3.63, 3.8) is 0 Å². The van der Waals surface area contributed by atoms with Crippen molar-refractivity contribution in [2.24, 2.45) is 11.3 Å². The summed E-state index contributed by atoms with van der Waals surface area (Å²) in [6, 6.07) is 7.99. The van der Waals surface area contributed by atoms with E-state index in [0.29, 0.717) is 0 Å². The summed E-state index contributed by atoms with van der Waals surface area (Å²) in [5.41, 5.74) is 0.0895. The number of carboxylic acids is 1. The van der Waals surface area contributed by atoms with Gasteiger partial charge in [-0.3, -0.25) is 9.59 Å². The molecule has 0 fully saturated rings. The number of amides is 2. The largest absolute Gasteiger partial charge is 0.478 e. The second-order valence-corrected chi connectivity index (χ2v) is 11.0. The molecule has 7 nitrogen and oxygen atoms in total. The fourth-order valence-corrected chi connectivity index (χ4v) is 4.16. The molecule has 0 saturated carbocycles. The van der Waals surface area contributed by atoms with Crippen LogP contribution in [0.2, 0.25) is 0 Å². The van der Waals surface area contributed by atoms with Gasteiger partial charge in [-0.05, 0) is 30.9 Å². The molecule has 0 saturated heterocycles. The summed E-state index contributed by atoms with van der Waals surface area (Å²) in [5, 5.41) is 15.5.